The van der Waals surface area contributed by atoms with Gasteiger partial charge in [-0.3, -0.25) is 4.79 Å². The number of nitrogens with one attached hydrogen (secondary N) is 1. The van der Waals surface area contributed by atoms with E-state index in [1.807, 2.05) is 13.8 Å². The van der Waals surface area contributed by atoms with Gasteiger partial charge in [0.05, 0.1) is 29.3 Å². The van der Waals surface area contributed by atoms with Gasteiger partial charge in [0, 0.05) is 31.2 Å². The molecule has 140 valence electrons. The van der Waals surface area contributed by atoms with Gasteiger partial charge in [-0.1, -0.05) is 0 Å². The Labute approximate surface area is 156 Å². The van der Waals surface area contributed by atoms with E-state index in [0.29, 0.717) is 23.1 Å². The van der Waals surface area contributed by atoms with Gasteiger partial charge in [0.2, 0.25) is 10.0 Å². The van der Waals surface area contributed by atoms with Gasteiger partial charge in [0.25, 0.3) is 5.91 Å². The summed E-state index contributed by atoms with van der Waals surface area (Å²) in [6.07, 6.45) is -0.122. The van der Waals surface area contributed by atoms with Crippen molar-refractivity contribution in [2.75, 3.05) is 33.4 Å². The SMILES string of the molecule is COCCNS(=O)(=O)c1ccc(Br)c(C(=O)N2CC(C)OC(C)C2)c1. The normalized spacial score (nSPS) is 21.4. The summed E-state index contributed by atoms with van der Waals surface area (Å²) in [5, 5.41) is 0. The monoisotopic (exact) mass is 434 g/mol. The van der Waals surface area contributed by atoms with Crippen molar-refractivity contribution in [3.05, 3.63) is 28.2 Å². The highest BCUT2D eigenvalue weighted by Crippen LogP contribution is 2.24. The predicted octanol–water partition coefficient (Wildman–Crippen LogP) is 1.62. The fraction of sp³-hybridized carbons (Fsp3) is 0.562. The average Bonchev–Trinajstić information content (AvgIpc) is 2.53. The summed E-state index contributed by atoms with van der Waals surface area (Å²) in [6.45, 7) is 5.19. The molecule has 0 radical (unpaired) electrons. The van der Waals surface area contributed by atoms with E-state index in [-0.39, 0.29) is 36.2 Å². The van der Waals surface area contributed by atoms with Gasteiger partial charge in [0.15, 0.2) is 0 Å². The molecule has 2 rings (SSSR count). The van der Waals surface area contributed by atoms with Crippen LogP contribution >= 0.6 is 15.9 Å². The molecule has 1 aromatic carbocycles. The second kappa shape index (κ2) is 8.59. The highest BCUT2D eigenvalue weighted by atomic mass is 79.9. The number of carbonyl (C=O) groups excluding carboxylic acids is 1. The van der Waals surface area contributed by atoms with E-state index in [0.717, 1.165) is 0 Å². The summed E-state index contributed by atoms with van der Waals surface area (Å²) in [6, 6.07) is 4.43. The van der Waals surface area contributed by atoms with Crippen LogP contribution in [0.4, 0.5) is 0 Å². The number of carbonyl (C=O) groups is 1. The van der Waals surface area contributed by atoms with Crippen molar-refractivity contribution in [3.8, 4) is 0 Å². The van der Waals surface area contributed by atoms with Gasteiger partial charge in [0.1, 0.15) is 0 Å². The Kier molecular flexibility index (Phi) is 6.98. The molecule has 1 amide bonds. The average molecular weight is 435 g/mol. The summed E-state index contributed by atoms with van der Waals surface area (Å²) in [7, 11) is -2.21. The van der Waals surface area contributed by atoms with E-state index in [1.165, 1.54) is 19.2 Å². The number of hydrogen-bond acceptors (Lipinski definition) is 5. The molecule has 1 saturated heterocycles. The van der Waals surface area contributed by atoms with Crippen LogP contribution in [0, 0.1) is 0 Å². The zero-order chi connectivity index (χ0) is 18.6. The lowest BCUT2D eigenvalue weighted by molar-refractivity contribution is -0.0586. The van der Waals surface area contributed by atoms with Crippen molar-refractivity contribution in [1.29, 1.82) is 0 Å². The van der Waals surface area contributed by atoms with Crippen LogP contribution < -0.4 is 4.72 Å². The van der Waals surface area contributed by atoms with E-state index >= 15 is 0 Å². The number of hydrogen-bond donors (Lipinski definition) is 1. The number of amides is 1. The number of methoxy groups -OCH3 is 1. The van der Waals surface area contributed by atoms with Crippen molar-refractivity contribution in [3.63, 3.8) is 0 Å². The van der Waals surface area contributed by atoms with Gasteiger partial charge in [-0.25, -0.2) is 13.1 Å². The van der Waals surface area contributed by atoms with E-state index in [4.69, 9.17) is 9.47 Å². The first-order valence-corrected chi connectivity index (χ1v) is 10.2. The topological polar surface area (TPSA) is 84.9 Å². The molecule has 1 heterocycles. The van der Waals surface area contributed by atoms with Crippen molar-refractivity contribution in [1.82, 2.24) is 9.62 Å². The van der Waals surface area contributed by atoms with Crippen molar-refractivity contribution in [2.45, 2.75) is 31.0 Å². The summed E-state index contributed by atoms with van der Waals surface area (Å²) >= 11 is 3.34. The third-order valence-electron chi connectivity index (χ3n) is 3.78. The van der Waals surface area contributed by atoms with Crippen LogP contribution in [0.5, 0.6) is 0 Å². The Morgan fingerprint density at radius 2 is 2.00 bits per heavy atom. The van der Waals surface area contributed by atoms with E-state index in [2.05, 4.69) is 20.7 Å². The summed E-state index contributed by atoms with van der Waals surface area (Å²) in [5.74, 6) is -0.220. The molecule has 2 atom stereocenters. The Morgan fingerprint density at radius 1 is 1.36 bits per heavy atom. The Hall–Kier alpha value is -1.00. The number of sulfonamides is 1. The summed E-state index contributed by atoms with van der Waals surface area (Å²) in [4.78, 5) is 14.6. The van der Waals surface area contributed by atoms with Crippen LogP contribution in [0.15, 0.2) is 27.6 Å². The standard InChI is InChI=1S/C16H23BrN2O5S/c1-11-9-19(10-12(2)24-11)16(20)14-8-13(4-5-15(14)17)25(21,22)18-6-7-23-3/h4-5,8,11-12,18H,6-7,9-10H2,1-3H3. The second-order valence-corrected chi connectivity index (χ2v) is 8.62. The lowest BCUT2D eigenvalue weighted by Crippen LogP contribution is -2.48. The third-order valence-corrected chi connectivity index (χ3v) is 5.93. The molecule has 0 aliphatic carbocycles. The lowest BCUT2D eigenvalue weighted by atomic mass is 10.1. The molecule has 0 bridgehead atoms. The Morgan fingerprint density at radius 3 is 2.60 bits per heavy atom. The maximum absolute atomic E-state index is 12.9. The summed E-state index contributed by atoms with van der Waals surface area (Å²) in [5.41, 5.74) is 0.316. The number of nitrogens with zero attached hydrogens (tertiary/aromatic N) is 1. The van der Waals surface area contributed by atoms with Gasteiger partial charge in [-0.15, -0.1) is 0 Å². The second-order valence-electron chi connectivity index (χ2n) is 6.00. The van der Waals surface area contributed by atoms with Gasteiger partial charge in [-0.2, -0.15) is 0 Å². The first-order chi connectivity index (χ1) is 11.7. The van der Waals surface area contributed by atoms with Gasteiger partial charge in [-0.05, 0) is 48.0 Å². The minimum Gasteiger partial charge on any atom is -0.383 e. The molecule has 0 aromatic heterocycles. The number of benzene rings is 1. The molecule has 25 heavy (non-hydrogen) atoms. The quantitative estimate of drug-likeness (QED) is 0.687. The molecule has 2 unspecified atom stereocenters. The van der Waals surface area contributed by atoms with Gasteiger partial charge >= 0.3 is 0 Å². The van der Waals surface area contributed by atoms with Crippen LogP contribution in [-0.4, -0.2) is 64.8 Å². The molecule has 1 aromatic rings. The minimum atomic E-state index is -3.70. The Bertz CT molecular complexity index is 715. The van der Waals surface area contributed by atoms with Crippen LogP contribution in [0.25, 0.3) is 0 Å². The maximum Gasteiger partial charge on any atom is 0.255 e. The van der Waals surface area contributed by atoms with Crippen molar-refractivity contribution >= 4 is 31.9 Å². The number of rotatable bonds is 6. The smallest absolute Gasteiger partial charge is 0.255 e. The summed E-state index contributed by atoms with van der Waals surface area (Å²) < 4.78 is 38.2. The number of morpholine rings is 1. The molecule has 0 saturated carbocycles. The molecule has 1 aliphatic rings. The lowest BCUT2D eigenvalue weighted by Gasteiger charge is -2.35. The first kappa shape index (κ1) is 20.3. The van der Waals surface area contributed by atoms with E-state index < -0.39 is 10.0 Å². The molecule has 1 aliphatic heterocycles. The highest BCUT2D eigenvalue weighted by Gasteiger charge is 2.28. The number of halogens is 1. The maximum atomic E-state index is 12.9. The molecular weight excluding hydrogens is 412 g/mol. The largest absolute Gasteiger partial charge is 0.383 e. The molecule has 7 nitrogen and oxygen atoms in total. The Balaban J connectivity index is 2.25. The van der Waals surface area contributed by atoms with Crippen molar-refractivity contribution in [2.24, 2.45) is 0 Å². The fourth-order valence-corrected chi connectivity index (χ4v) is 4.17. The molecule has 0 spiro atoms. The van der Waals surface area contributed by atoms with Crippen LogP contribution in [0.2, 0.25) is 0 Å². The van der Waals surface area contributed by atoms with E-state index in [9.17, 15) is 13.2 Å². The minimum absolute atomic E-state index is 0.0458. The van der Waals surface area contributed by atoms with Crippen LogP contribution in [0.3, 0.4) is 0 Å². The molecule has 9 heteroatoms. The molecule has 1 N–H and O–H groups in total. The molecular formula is C16H23BrN2O5S. The van der Waals surface area contributed by atoms with Gasteiger partial charge < -0.3 is 14.4 Å². The highest BCUT2D eigenvalue weighted by molar-refractivity contribution is 9.10. The van der Waals surface area contributed by atoms with Crippen LogP contribution in [0.1, 0.15) is 24.2 Å². The predicted molar refractivity (Wildman–Crippen MR) is 97.1 cm³/mol. The number of ether oxygens (including phenoxy) is 2. The third kappa shape index (κ3) is 5.24. The zero-order valence-electron chi connectivity index (χ0n) is 14.5. The van der Waals surface area contributed by atoms with Crippen LogP contribution in [-0.2, 0) is 19.5 Å². The fourth-order valence-electron chi connectivity index (χ4n) is 2.71. The van der Waals surface area contributed by atoms with Crippen molar-refractivity contribution < 1.29 is 22.7 Å². The molecule has 1 fully saturated rings. The zero-order valence-corrected chi connectivity index (χ0v) is 16.9. The first-order valence-electron chi connectivity index (χ1n) is 7.97. The van der Waals surface area contributed by atoms with E-state index in [1.54, 1.807) is 11.0 Å².